The topological polar surface area (TPSA) is 213 Å². The molecule has 1 heterocycles. The van der Waals surface area contributed by atoms with Crippen LogP contribution in [0.3, 0.4) is 0 Å². The number of rotatable bonds is 20. The zero-order valence-corrected chi connectivity index (χ0v) is 33.5. The van der Waals surface area contributed by atoms with E-state index in [2.05, 4.69) is 37.2 Å². The summed E-state index contributed by atoms with van der Waals surface area (Å²) in [5.74, 6) is -2.76. The summed E-state index contributed by atoms with van der Waals surface area (Å²) >= 11 is 0. The summed E-state index contributed by atoms with van der Waals surface area (Å²) in [6.45, 7) is 9.04. The summed E-state index contributed by atoms with van der Waals surface area (Å²) in [4.78, 5) is 79.1. The minimum absolute atomic E-state index is 0.00146. The van der Waals surface area contributed by atoms with Crippen molar-refractivity contribution in [1.82, 2.24) is 37.2 Å². The largest absolute Gasteiger partial charge is 0.370 e. The monoisotopic (exact) mass is 767 g/mol. The van der Waals surface area contributed by atoms with Crippen LogP contribution in [0, 0.1) is 35.5 Å². The van der Waals surface area contributed by atoms with Gasteiger partial charge in [0.1, 0.15) is 0 Å². The van der Waals surface area contributed by atoms with E-state index in [9.17, 15) is 28.8 Å². The third-order valence-electron chi connectivity index (χ3n) is 11.6. The molecule has 3 fully saturated rings. The molecule has 1 saturated heterocycles. The highest BCUT2D eigenvalue weighted by atomic mass is 16.2. The predicted molar refractivity (Wildman–Crippen MR) is 211 cm³/mol. The van der Waals surface area contributed by atoms with Gasteiger partial charge in [-0.15, -0.1) is 0 Å². The molecule has 0 radical (unpaired) electrons. The van der Waals surface area contributed by atoms with Crippen LogP contribution in [0.5, 0.6) is 0 Å². The lowest BCUT2D eigenvalue weighted by atomic mass is 9.93. The number of carbonyl (C=O) groups excluding carboxylic acids is 6. The van der Waals surface area contributed by atoms with Crippen LogP contribution in [0.1, 0.15) is 91.0 Å². The molecule has 6 unspecified atom stereocenters. The lowest BCUT2D eigenvalue weighted by Crippen LogP contribution is -2.53. The minimum atomic E-state index is -0.520. The van der Waals surface area contributed by atoms with Gasteiger partial charge in [-0.3, -0.25) is 28.8 Å². The number of amides is 6. The van der Waals surface area contributed by atoms with Crippen LogP contribution in [-0.4, -0.2) is 92.3 Å². The van der Waals surface area contributed by atoms with Crippen molar-refractivity contribution < 1.29 is 28.8 Å². The maximum Gasteiger partial charge on any atom is 0.226 e. The van der Waals surface area contributed by atoms with Gasteiger partial charge in [-0.25, -0.2) is 0 Å². The van der Waals surface area contributed by atoms with Crippen molar-refractivity contribution in [1.29, 1.82) is 0 Å². The highest BCUT2D eigenvalue weighted by Gasteiger charge is 2.40. The Morgan fingerprint density at radius 3 is 2.07 bits per heavy atom. The first-order valence-electron chi connectivity index (χ1n) is 20.4. The molecule has 1 aliphatic heterocycles. The summed E-state index contributed by atoms with van der Waals surface area (Å²) in [5.41, 5.74) is 6.45. The lowest BCUT2D eigenvalue weighted by molar-refractivity contribution is -0.129. The van der Waals surface area contributed by atoms with Crippen molar-refractivity contribution in [2.75, 3.05) is 26.7 Å². The molecule has 6 amide bonds. The van der Waals surface area contributed by atoms with Crippen LogP contribution in [0.15, 0.2) is 30.3 Å². The van der Waals surface area contributed by atoms with Gasteiger partial charge in [0, 0.05) is 56.6 Å². The van der Waals surface area contributed by atoms with Crippen molar-refractivity contribution in [3.63, 3.8) is 0 Å². The molecule has 14 nitrogen and oxygen atoms in total. The second kappa shape index (κ2) is 21.3. The Morgan fingerprint density at radius 2 is 1.44 bits per heavy atom. The van der Waals surface area contributed by atoms with E-state index in [0.717, 1.165) is 31.2 Å². The smallest absolute Gasteiger partial charge is 0.226 e. The number of carbonyl (C=O) groups is 6. The Labute approximate surface area is 326 Å². The highest BCUT2D eigenvalue weighted by molar-refractivity contribution is 5.86. The van der Waals surface area contributed by atoms with E-state index >= 15 is 0 Å². The molecule has 0 bridgehead atoms. The van der Waals surface area contributed by atoms with E-state index in [0.29, 0.717) is 38.8 Å². The fourth-order valence-electron chi connectivity index (χ4n) is 8.51. The Morgan fingerprint density at radius 1 is 0.764 bits per heavy atom. The van der Waals surface area contributed by atoms with Crippen molar-refractivity contribution in [3.05, 3.63) is 35.9 Å². The minimum Gasteiger partial charge on any atom is -0.370 e. The van der Waals surface area contributed by atoms with E-state index in [1.165, 1.54) is 0 Å². The summed E-state index contributed by atoms with van der Waals surface area (Å²) < 4.78 is 0. The first-order valence-corrected chi connectivity index (χ1v) is 20.4. The fraction of sp³-hybridized carbons (Fsp3) is 0.707. The molecule has 3 aliphatic rings. The van der Waals surface area contributed by atoms with Gasteiger partial charge in [-0.05, 0) is 63.0 Å². The van der Waals surface area contributed by atoms with Crippen LogP contribution in [-0.2, 0) is 35.2 Å². The molecule has 0 aromatic heterocycles. The second-order valence-corrected chi connectivity index (χ2v) is 16.7. The number of benzene rings is 1. The van der Waals surface area contributed by atoms with Gasteiger partial charge in [0.05, 0.1) is 29.7 Å². The van der Waals surface area contributed by atoms with Gasteiger partial charge >= 0.3 is 0 Å². The van der Waals surface area contributed by atoms with E-state index in [1.807, 2.05) is 65.1 Å². The number of hydrogen-bond donors (Lipinski definition) is 8. The third kappa shape index (κ3) is 13.3. The maximum absolute atomic E-state index is 13.7. The maximum atomic E-state index is 13.7. The standard InChI is InChI=1S/C41H66N8O6/c1-24(2)17-27(21-45-39(53)29-13-9-15-32(29)43-5)38(52)49-35-23-44-22-31(35)41(55)47-33-16-10-14-30(33)40(54)48-34(25(3)4)20-37(51)46-28(19-36(42)50)18-26-11-7-6-8-12-26/h6-8,11-12,24-25,27-35,43-44H,9-10,13-23H2,1-5H3,(H2,42,50)(H,45,53)(H,46,51)(H,47,55)(H,48,54)(H,49,52)/t27-,28-,29?,30?,31?,32?,33?,34+,35?/m0/s1. The molecular weight excluding hydrogens is 701 g/mol. The molecular formula is C41H66N8O6. The third-order valence-corrected chi connectivity index (χ3v) is 11.6. The number of hydrogen-bond acceptors (Lipinski definition) is 8. The zero-order chi connectivity index (χ0) is 40.1. The van der Waals surface area contributed by atoms with Gasteiger partial charge in [0.2, 0.25) is 35.4 Å². The van der Waals surface area contributed by atoms with Crippen molar-refractivity contribution in [2.24, 2.45) is 41.2 Å². The Balaban J connectivity index is 1.30. The summed E-state index contributed by atoms with van der Waals surface area (Å²) in [7, 11) is 1.88. The summed E-state index contributed by atoms with van der Waals surface area (Å²) in [6.07, 6.45) is 5.89. The number of nitrogens with one attached hydrogen (secondary N) is 7. The fourth-order valence-corrected chi connectivity index (χ4v) is 8.51. The Hall–Kier alpha value is -4.04. The second-order valence-electron chi connectivity index (χ2n) is 16.7. The Kier molecular flexibility index (Phi) is 16.9. The summed E-state index contributed by atoms with van der Waals surface area (Å²) in [6, 6.07) is 7.96. The molecule has 2 saturated carbocycles. The van der Waals surface area contributed by atoms with Crippen LogP contribution in [0.25, 0.3) is 0 Å². The van der Waals surface area contributed by atoms with Gasteiger partial charge in [-0.2, -0.15) is 0 Å². The van der Waals surface area contributed by atoms with Crippen LogP contribution in [0.2, 0.25) is 0 Å². The molecule has 4 rings (SSSR count). The van der Waals surface area contributed by atoms with E-state index < -0.39 is 41.8 Å². The SMILES string of the molecule is CNC1CCCC1C(=O)NC[C@H](CC(C)C)C(=O)NC1CNCC1C(=O)NC1CCCC1C(=O)N[C@H](CC(=O)N[C@H](CC(N)=O)Cc1ccccc1)C(C)C. The first kappa shape index (κ1) is 43.7. The molecule has 9 N–H and O–H groups in total. The number of nitrogens with two attached hydrogens (primary N) is 1. The molecule has 14 heteroatoms. The van der Waals surface area contributed by atoms with Crippen LogP contribution in [0.4, 0.5) is 0 Å². The zero-order valence-electron chi connectivity index (χ0n) is 33.5. The van der Waals surface area contributed by atoms with Crippen molar-refractivity contribution >= 4 is 35.4 Å². The molecule has 55 heavy (non-hydrogen) atoms. The number of primary amides is 1. The molecule has 0 spiro atoms. The van der Waals surface area contributed by atoms with Gasteiger partial charge in [0.25, 0.3) is 0 Å². The van der Waals surface area contributed by atoms with Crippen LogP contribution < -0.4 is 43.0 Å². The van der Waals surface area contributed by atoms with Crippen LogP contribution >= 0.6 is 0 Å². The van der Waals surface area contributed by atoms with E-state index in [-0.39, 0.29) is 78.8 Å². The van der Waals surface area contributed by atoms with Gasteiger partial charge in [0.15, 0.2) is 0 Å². The molecule has 2 aliphatic carbocycles. The lowest BCUT2D eigenvalue weighted by Gasteiger charge is -2.28. The van der Waals surface area contributed by atoms with Gasteiger partial charge in [-0.1, -0.05) is 70.9 Å². The quantitative estimate of drug-likeness (QED) is 0.0967. The Bertz CT molecular complexity index is 1460. The van der Waals surface area contributed by atoms with E-state index in [1.54, 1.807) is 0 Å². The van der Waals surface area contributed by atoms with E-state index in [4.69, 9.17) is 5.73 Å². The molecule has 1 aromatic rings. The molecule has 306 valence electrons. The molecule has 9 atom stereocenters. The predicted octanol–water partition coefficient (Wildman–Crippen LogP) is 1.28. The highest BCUT2D eigenvalue weighted by Crippen LogP contribution is 2.28. The molecule has 1 aromatic carbocycles. The summed E-state index contributed by atoms with van der Waals surface area (Å²) in [5, 5.41) is 21.8. The average Bonchev–Trinajstić information content (AvgIpc) is 3.91. The van der Waals surface area contributed by atoms with Crippen molar-refractivity contribution in [2.45, 2.75) is 122 Å². The first-order chi connectivity index (χ1) is 26.2. The van der Waals surface area contributed by atoms with Crippen molar-refractivity contribution in [3.8, 4) is 0 Å². The average molecular weight is 767 g/mol. The normalized spacial score (nSPS) is 25.2. The van der Waals surface area contributed by atoms with Gasteiger partial charge < -0.3 is 43.0 Å².